The molecule has 4 nitrogen and oxygen atoms in total. The molecule has 100 valence electrons. The fourth-order valence-electron chi connectivity index (χ4n) is 2.62. The molecule has 0 fully saturated rings. The highest BCUT2D eigenvalue weighted by Gasteiger charge is 2.43. The van der Waals surface area contributed by atoms with E-state index in [1.807, 2.05) is 24.3 Å². The number of benzene rings is 1. The first-order valence-electron chi connectivity index (χ1n) is 6.19. The molecule has 0 amide bonds. The fraction of sp³-hybridized carbons (Fsp3) is 0.286. The standard InChI is InChI=1S/C14H15O4P/c15-14(13-6-3-7-18-13)19(16,17)12-8-10-4-1-2-5-11(10)9-12/h1-7,12,14-15H,8-9H2,(H,16,17)/t14-/m0/s1. The second kappa shape index (κ2) is 4.64. The zero-order valence-corrected chi connectivity index (χ0v) is 11.2. The minimum atomic E-state index is -3.74. The smallest absolute Gasteiger partial charge is 0.239 e. The topological polar surface area (TPSA) is 70.7 Å². The number of aliphatic hydroxyl groups excluding tert-OH is 1. The van der Waals surface area contributed by atoms with Crippen molar-refractivity contribution in [3.63, 3.8) is 0 Å². The normalized spacial score (nSPS) is 19.9. The lowest BCUT2D eigenvalue weighted by molar-refractivity contribution is 0.203. The molecule has 0 aliphatic heterocycles. The van der Waals surface area contributed by atoms with Crippen LogP contribution in [0.3, 0.4) is 0 Å². The predicted molar refractivity (Wildman–Crippen MR) is 71.1 cm³/mol. The van der Waals surface area contributed by atoms with Crippen LogP contribution in [0.15, 0.2) is 47.1 Å². The van der Waals surface area contributed by atoms with Gasteiger partial charge in [0.1, 0.15) is 5.76 Å². The first kappa shape index (κ1) is 12.7. The first-order valence-corrected chi connectivity index (χ1v) is 7.99. The van der Waals surface area contributed by atoms with Gasteiger partial charge in [0.25, 0.3) is 0 Å². The third-order valence-electron chi connectivity index (χ3n) is 3.70. The summed E-state index contributed by atoms with van der Waals surface area (Å²) in [6.07, 6.45) is 2.45. The Bertz CT molecular complexity index is 595. The van der Waals surface area contributed by atoms with Crippen LogP contribution in [0.25, 0.3) is 0 Å². The minimum Gasteiger partial charge on any atom is -0.466 e. The van der Waals surface area contributed by atoms with Crippen molar-refractivity contribution in [2.45, 2.75) is 24.3 Å². The van der Waals surface area contributed by atoms with Gasteiger partial charge in [-0.1, -0.05) is 24.3 Å². The van der Waals surface area contributed by atoms with Crippen LogP contribution in [0.1, 0.15) is 22.7 Å². The highest BCUT2D eigenvalue weighted by molar-refractivity contribution is 7.58. The molecule has 0 saturated heterocycles. The zero-order chi connectivity index (χ0) is 13.5. The summed E-state index contributed by atoms with van der Waals surface area (Å²) in [5.74, 6) is -1.29. The van der Waals surface area contributed by atoms with Crippen LogP contribution in [-0.2, 0) is 17.4 Å². The first-order chi connectivity index (χ1) is 9.09. The van der Waals surface area contributed by atoms with Crippen molar-refractivity contribution in [2.24, 2.45) is 0 Å². The summed E-state index contributed by atoms with van der Waals surface area (Å²) in [5, 5.41) is 10.1. The molecule has 1 unspecified atom stereocenters. The Labute approximate surface area is 111 Å². The van der Waals surface area contributed by atoms with Gasteiger partial charge in [0, 0.05) is 5.66 Å². The molecule has 0 saturated carbocycles. The Morgan fingerprint density at radius 3 is 2.32 bits per heavy atom. The van der Waals surface area contributed by atoms with Crippen LogP contribution >= 0.6 is 7.37 Å². The van der Waals surface area contributed by atoms with E-state index in [4.69, 9.17) is 4.42 Å². The van der Waals surface area contributed by atoms with Crippen LogP contribution in [0.2, 0.25) is 0 Å². The van der Waals surface area contributed by atoms with Gasteiger partial charge in [-0.3, -0.25) is 4.57 Å². The van der Waals surface area contributed by atoms with Crippen molar-refractivity contribution in [2.75, 3.05) is 0 Å². The maximum Gasteiger partial charge on any atom is 0.239 e. The molecule has 1 aliphatic rings. The maximum absolute atomic E-state index is 12.5. The van der Waals surface area contributed by atoms with E-state index in [-0.39, 0.29) is 5.76 Å². The Hall–Kier alpha value is -1.35. The van der Waals surface area contributed by atoms with E-state index in [1.165, 1.54) is 12.3 Å². The van der Waals surface area contributed by atoms with E-state index >= 15 is 0 Å². The molecule has 1 heterocycles. The lowest BCUT2D eigenvalue weighted by atomic mass is 10.1. The van der Waals surface area contributed by atoms with Crippen LogP contribution in [-0.4, -0.2) is 15.7 Å². The third-order valence-corrected chi connectivity index (χ3v) is 6.07. The number of hydrogen-bond acceptors (Lipinski definition) is 3. The Balaban J connectivity index is 1.85. The Morgan fingerprint density at radius 2 is 1.79 bits per heavy atom. The molecular weight excluding hydrogens is 263 g/mol. The molecule has 3 rings (SSSR count). The van der Waals surface area contributed by atoms with Gasteiger partial charge >= 0.3 is 0 Å². The lowest BCUT2D eigenvalue weighted by Gasteiger charge is -2.22. The van der Waals surface area contributed by atoms with Crippen molar-refractivity contribution in [3.05, 3.63) is 59.5 Å². The molecule has 0 radical (unpaired) electrons. The molecule has 1 aliphatic carbocycles. The van der Waals surface area contributed by atoms with E-state index in [9.17, 15) is 14.6 Å². The Kier molecular flexibility index (Phi) is 3.09. The van der Waals surface area contributed by atoms with Gasteiger partial charge in [-0.15, -0.1) is 0 Å². The van der Waals surface area contributed by atoms with Crippen LogP contribution < -0.4 is 0 Å². The monoisotopic (exact) mass is 278 g/mol. The van der Waals surface area contributed by atoms with Gasteiger partial charge in [-0.2, -0.15) is 0 Å². The largest absolute Gasteiger partial charge is 0.466 e. The summed E-state index contributed by atoms with van der Waals surface area (Å²) in [5.41, 5.74) is 1.74. The molecule has 1 aromatic heterocycles. The van der Waals surface area contributed by atoms with E-state index in [2.05, 4.69) is 0 Å². The average Bonchev–Trinajstić information content (AvgIpc) is 3.06. The minimum absolute atomic E-state index is 0.154. The highest BCUT2D eigenvalue weighted by atomic mass is 31.2. The number of rotatable bonds is 3. The van der Waals surface area contributed by atoms with Crippen LogP contribution in [0.5, 0.6) is 0 Å². The van der Waals surface area contributed by atoms with Gasteiger partial charge in [0.2, 0.25) is 7.37 Å². The van der Waals surface area contributed by atoms with Crippen molar-refractivity contribution < 1.29 is 19.0 Å². The molecule has 1 aromatic carbocycles. The summed E-state index contributed by atoms with van der Waals surface area (Å²) in [7, 11) is -3.74. The van der Waals surface area contributed by atoms with E-state index < -0.39 is 18.9 Å². The third kappa shape index (κ3) is 2.16. The quantitative estimate of drug-likeness (QED) is 0.847. The molecule has 2 aromatic rings. The summed E-state index contributed by atoms with van der Waals surface area (Å²) >= 11 is 0. The fourth-order valence-corrected chi connectivity index (χ4v) is 4.44. The molecule has 2 atom stereocenters. The maximum atomic E-state index is 12.5. The summed E-state index contributed by atoms with van der Waals surface area (Å²) in [4.78, 5) is 10.3. The average molecular weight is 278 g/mol. The molecule has 0 bridgehead atoms. The lowest BCUT2D eigenvalue weighted by Crippen LogP contribution is -2.13. The SMILES string of the molecule is O=P(O)(C1Cc2ccccc2C1)[C@H](O)c1ccco1. The van der Waals surface area contributed by atoms with Crippen molar-refractivity contribution in [3.8, 4) is 0 Å². The van der Waals surface area contributed by atoms with Gasteiger partial charge < -0.3 is 14.4 Å². The molecule has 2 N–H and O–H groups in total. The molecule has 0 spiro atoms. The number of aliphatic hydroxyl groups is 1. The van der Waals surface area contributed by atoms with E-state index in [0.717, 1.165) is 11.1 Å². The number of furan rings is 1. The second-order valence-electron chi connectivity index (χ2n) is 4.89. The van der Waals surface area contributed by atoms with E-state index in [0.29, 0.717) is 12.8 Å². The summed E-state index contributed by atoms with van der Waals surface area (Å²) in [6, 6.07) is 10.9. The van der Waals surface area contributed by atoms with Crippen molar-refractivity contribution in [1.82, 2.24) is 0 Å². The van der Waals surface area contributed by atoms with Crippen LogP contribution in [0, 0.1) is 0 Å². The van der Waals surface area contributed by atoms with Gasteiger partial charge in [0.15, 0.2) is 5.85 Å². The second-order valence-corrected chi connectivity index (χ2v) is 7.46. The van der Waals surface area contributed by atoms with Gasteiger partial charge in [0.05, 0.1) is 6.26 Å². The van der Waals surface area contributed by atoms with Crippen molar-refractivity contribution in [1.29, 1.82) is 0 Å². The predicted octanol–water partition coefficient (Wildman–Crippen LogP) is 2.71. The van der Waals surface area contributed by atoms with E-state index in [1.54, 1.807) is 6.07 Å². The van der Waals surface area contributed by atoms with Crippen LogP contribution in [0.4, 0.5) is 0 Å². The molecule has 19 heavy (non-hydrogen) atoms. The number of hydrogen-bond donors (Lipinski definition) is 2. The van der Waals surface area contributed by atoms with Gasteiger partial charge in [-0.25, -0.2) is 0 Å². The molecular formula is C14H15O4P. The summed E-state index contributed by atoms with van der Waals surface area (Å²) < 4.78 is 17.6. The Morgan fingerprint density at radius 1 is 1.16 bits per heavy atom. The van der Waals surface area contributed by atoms with Gasteiger partial charge in [-0.05, 0) is 36.1 Å². The molecule has 5 heteroatoms. The van der Waals surface area contributed by atoms with Crippen molar-refractivity contribution >= 4 is 7.37 Å². The summed E-state index contributed by atoms with van der Waals surface area (Å²) in [6.45, 7) is 0. The zero-order valence-electron chi connectivity index (χ0n) is 10.3. The number of fused-ring (bicyclic) bond motifs is 1. The highest BCUT2D eigenvalue weighted by Crippen LogP contribution is 2.61.